The summed E-state index contributed by atoms with van der Waals surface area (Å²) in [5.41, 5.74) is -0.621. The molecule has 0 bridgehead atoms. The monoisotopic (exact) mass is 366 g/mol. The Morgan fingerprint density at radius 1 is 1.27 bits per heavy atom. The van der Waals surface area contributed by atoms with Crippen molar-refractivity contribution in [1.82, 2.24) is 10.6 Å². The molecule has 0 aromatic carbocycles. The molecule has 2 unspecified atom stereocenters. The highest BCUT2D eigenvalue weighted by molar-refractivity contribution is 5.83. The highest BCUT2D eigenvalue weighted by Crippen LogP contribution is 2.21. The Bertz CT molecular complexity index is 547. The molecule has 1 aliphatic carbocycles. The van der Waals surface area contributed by atoms with Crippen molar-refractivity contribution < 1.29 is 23.9 Å². The van der Waals surface area contributed by atoms with Crippen molar-refractivity contribution in [3.63, 3.8) is 0 Å². The van der Waals surface area contributed by atoms with E-state index in [1.54, 1.807) is 26.8 Å². The first kappa shape index (κ1) is 20.3. The predicted octanol–water partition coefficient (Wildman–Crippen LogP) is 2.45. The van der Waals surface area contributed by atoms with E-state index < -0.39 is 23.7 Å². The van der Waals surface area contributed by atoms with Crippen LogP contribution in [0.5, 0.6) is 0 Å². The van der Waals surface area contributed by atoms with Crippen LogP contribution >= 0.6 is 0 Å². The second-order valence-electron chi connectivity index (χ2n) is 7.97. The minimum Gasteiger partial charge on any atom is -0.459 e. The van der Waals surface area contributed by atoms with Crippen LogP contribution in [0.15, 0.2) is 12.2 Å². The van der Waals surface area contributed by atoms with Gasteiger partial charge in [0.05, 0.1) is 6.04 Å². The molecular formula is C19H30N2O5. The van der Waals surface area contributed by atoms with Gasteiger partial charge >= 0.3 is 12.1 Å². The molecule has 1 saturated carbocycles. The Balaban J connectivity index is 1.94. The van der Waals surface area contributed by atoms with Crippen LogP contribution in [-0.4, -0.2) is 42.3 Å². The van der Waals surface area contributed by atoms with Crippen LogP contribution in [0.4, 0.5) is 4.79 Å². The maximum Gasteiger partial charge on any atom is 0.408 e. The normalized spacial score (nSPS) is 22.3. The van der Waals surface area contributed by atoms with Gasteiger partial charge in [-0.2, -0.15) is 0 Å². The van der Waals surface area contributed by atoms with Crippen LogP contribution in [0, 0.1) is 5.92 Å². The van der Waals surface area contributed by atoms with E-state index in [0.29, 0.717) is 19.4 Å². The number of carbonyl (C=O) groups is 3. The molecule has 0 aromatic heterocycles. The molecule has 0 aromatic rings. The average Bonchev–Trinajstić information content (AvgIpc) is 3.15. The summed E-state index contributed by atoms with van der Waals surface area (Å²) in [5.74, 6) is -0.628. The fourth-order valence-corrected chi connectivity index (χ4v) is 3.23. The van der Waals surface area contributed by atoms with E-state index in [1.165, 1.54) is 6.08 Å². The minimum atomic E-state index is -0.621. The van der Waals surface area contributed by atoms with E-state index >= 15 is 0 Å². The van der Waals surface area contributed by atoms with Crippen LogP contribution < -0.4 is 10.6 Å². The fourth-order valence-electron chi connectivity index (χ4n) is 3.23. The molecular weight excluding hydrogens is 336 g/mol. The van der Waals surface area contributed by atoms with Crippen LogP contribution in [0.2, 0.25) is 0 Å². The molecule has 2 N–H and O–H groups in total. The van der Waals surface area contributed by atoms with Gasteiger partial charge in [-0.25, -0.2) is 9.59 Å². The topological polar surface area (TPSA) is 93.7 Å². The predicted molar refractivity (Wildman–Crippen MR) is 96.4 cm³/mol. The van der Waals surface area contributed by atoms with Gasteiger partial charge in [-0.1, -0.05) is 6.08 Å². The van der Waals surface area contributed by atoms with Gasteiger partial charge in [0.25, 0.3) is 0 Å². The van der Waals surface area contributed by atoms with E-state index in [2.05, 4.69) is 10.6 Å². The standard InChI is InChI=1S/C19H30N2O5/c1-19(2,3)26-18(24)21-14(12-13-10-11-20-17(13)23)8-9-16(22)25-15-6-4-5-7-15/h8-9,13-15H,4-7,10-12H2,1-3H3,(H,20,23)(H,21,24)/b9-8+. The number of hydrogen-bond donors (Lipinski definition) is 2. The number of rotatable bonds is 6. The zero-order valence-electron chi connectivity index (χ0n) is 15.9. The van der Waals surface area contributed by atoms with Crippen molar-refractivity contribution in [2.24, 2.45) is 5.92 Å². The number of alkyl carbamates (subject to hydrolysis) is 1. The smallest absolute Gasteiger partial charge is 0.408 e. The summed E-state index contributed by atoms with van der Waals surface area (Å²) in [6, 6.07) is -0.477. The molecule has 2 rings (SSSR count). The fraction of sp³-hybridized carbons (Fsp3) is 0.737. The molecule has 2 amide bonds. The van der Waals surface area contributed by atoms with Crippen molar-refractivity contribution in [2.45, 2.75) is 77.0 Å². The first-order valence-corrected chi connectivity index (χ1v) is 9.39. The van der Waals surface area contributed by atoms with Gasteiger partial charge < -0.3 is 20.1 Å². The number of ether oxygens (including phenoxy) is 2. The summed E-state index contributed by atoms with van der Waals surface area (Å²) >= 11 is 0. The Kier molecular flexibility index (Phi) is 7.06. The summed E-state index contributed by atoms with van der Waals surface area (Å²) in [4.78, 5) is 35.9. The van der Waals surface area contributed by atoms with Crippen LogP contribution in [0.1, 0.15) is 59.3 Å². The molecule has 1 heterocycles. The Labute approximate surface area is 154 Å². The molecule has 2 fully saturated rings. The van der Waals surface area contributed by atoms with Gasteiger partial charge in [0.15, 0.2) is 0 Å². The van der Waals surface area contributed by atoms with Crippen molar-refractivity contribution in [3.05, 3.63) is 12.2 Å². The van der Waals surface area contributed by atoms with E-state index in [1.807, 2.05) is 0 Å². The number of hydrogen-bond acceptors (Lipinski definition) is 5. The lowest BCUT2D eigenvalue weighted by Crippen LogP contribution is -2.40. The molecule has 0 radical (unpaired) electrons. The molecule has 0 spiro atoms. The van der Waals surface area contributed by atoms with Gasteiger partial charge in [-0.05, 0) is 59.3 Å². The quantitative estimate of drug-likeness (QED) is 0.556. The third-order valence-electron chi connectivity index (χ3n) is 4.45. The second-order valence-corrected chi connectivity index (χ2v) is 7.97. The van der Waals surface area contributed by atoms with Gasteiger partial charge in [0.2, 0.25) is 5.91 Å². The largest absolute Gasteiger partial charge is 0.459 e. The molecule has 7 heteroatoms. The highest BCUT2D eigenvalue weighted by atomic mass is 16.6. The number of amides is 2. The van der Waals surface area contributed by atoms with E-state index in [0.717, 1.165) is 25.7 Å². The first-order valence-electron chi connectivity index (χ1n) is 9.39. The SMILES string of the molecule is CC(C)(C)OC(=O)NC(/C=C/C(=O)OC1CCCC1)CC1CCNC1=O. The Hall–Kier alpha value is -2.05. The van der Waals surface area contributed by atoms with Crippen molar-refractivity contribution in [1.29, 1.82) is 0 Å². The minimum absolute atomic E-state index is 0.00924. The molecule has 146 valence electrons. The third kappa shape index (κ3) is 7.06. The molecule has 26 heavy (non-hydrogen) atoms. The molecule has 7 nitrogen and oxygen atoms in total. The maximum absolute atomic E-state index is 12.1. The van der Waals surface area contributed by atoms with Gasteiger partial charge in [-0.3, -0.25) is 4.79 Å². The number of nitrogens with one attached hydrogen (secondary N) is 2. The van der Waals surface area contributed by atoms with E-state index in [9.17, 15) is 14.4 Å². The summed E-state index contributed by atoms with van der Waals surface area (Å²) in [6.45, 7) is 5.97. The van der Waals surface area contributed by atoms with E-state index in [4.69, 9.17) is 9.47 Å². The third-order valence-corrected chi connectivity index (χ3v) is 4.45. The summed E-state index contributed by atoms with van der Waals surface area (Å²) in [7, 11) is 0. The lowest BCUT2D eigenvalue weighted by atomic mass is 9.98. The zero-order valence-corrected chi connectivity index (χ0v) is 15.9. The van der Waals surface area contributed by atoms with Crippen molar-refractivity contribution >= 4 is 18.0 Å². The number of carbonyl (C=O) groups excluding carboxylic acids is 3. The molecule has 2 aliphatic rings. The van der Waals surface area contributed by atoms with E-state index in [-0.39, 0.29) is 17.9 Å². The van der Waals surface area contributed by atoms with Gasteiger partial charge in [-0.15, -0.1) is 0 Å². The first-order chi connectivity index (χ1) is 12.2. The highest BCUT2D eigenvalue weighted by Gasteiger charge is 2.28. The second kappa shape index (κ2) is 9.05. The lowest BCUT2D eigenvalue weighted by molar-refractivity contribution is -0.142. The lowest BCUT2D eigenvalue weighted by Gasteiger charge is -2.23. The average molecular weight is 366 g/mol. The zero-order chi connectivity index (χ0) is 19.2. The van der Waals surface area contributed by atoms with Crippen molar-refractivity contribution in [2.75, 3.05) is 6.54 Å². The van der Waals surface area contributed by atoms with Crippen LogP contribution in [0.3, 0.4) is 0 Å². The molecule has 2 atom stereocenters. The van der Waals surface area contributed by atoms with Crippen LogP contribution in [-0.2, 0) is 19.1 Å². The molecule has 1 saturated heterocycles. The van der Waals surface area contributed by atoms with Gasteiger partial charge in [0, 0.05) is 18.5 Å². The number of esters is 1. The van der Waals surface area contributed by atoms with Gasteiger partial charge in [0.1, 0.15) is 11.7 Å². The molecule has 1 aliphatic heterocycles. The van der Waals surface area contributed by atoms with Crippen molar-refractivity contribution in [3.8, 4) is 0 Å². The van der Waals surface area contributed by atoms with Crippen LogP contribution in [0.25, 0.3) is 0 Å². The maximum atomic E-state index is 12.1. The Morgan fingerprint density at radius 2 is 1.96 bits per heavy atom. The summed E-state index contributed by atoms with van der Waals surface area (Å²) in [5, 5.41) is 5.52. The Morgan fingerprint density at radius 3 is 2.54 bits per heavy atom. The summed E-state index contributed by atoms with van der Waals surface area (Å²) < 4.78 is 10.7. The summed E-state index contributed by atoms with van der Waals surface area (Å²) in [6.07, 6.45) is 7.45.